The van der Waals surface area contributed by atoms with Crippen molar-refractivity contribution in [1.82, 2.24) is 0 Å². The zero-order valence-electron chi connectivity index (χ0n) is 9.90. The quantitative estimate of drug-likeness (QED) is 0.777. The molecule has 0 spiro atoms. The largest absolute Gasteiger partial charge is 0.459 e. The highest BCUT2D eigenvalue weighted by Gasteiger charge is 2.11. The zero-order valence-corrected chi connectivity index (χ0v) is 9.90. The second kappa shape index (κ2) is 6.28. The van der Waals surface area contributed by atoms with E-state index in [1.54, 1.807) is 12.1 Å². The molecule has 0 aliphatic heterocycles. The number of ether oxygens (including phenoxy) is 1. The Morgan fingerprint density at radius 2 is 2.25 bits per heavy atom. The summed E-state index contributed by atoms with van der Waals surface area (Å²) in [4.78, 5) is 11.7. The molecule has 0 radical (unpaired) electrons. The first-order valence-corrected chi connectivity index (χ1v) is 5.67. The Hall–Kier alpha value is -1.35. The predicted octanol–water partition coefficient (Wildman–Crippen LogP) is 2.49. The Labute approximate surface area is 96.6 Å². The van der Waals surface area contributed by atoms with Gasteiger partial charge in [0.05, 0.1) is 11.7 Å². The van der Waals surface area contributed by atoms with Crippen LogP contribution in [0.4, 0.5) is 0 Å². The lowest BCUT2D eigenvalue weighted by atomic mass is 10.1. The minimum atomic E-state index is -0.267. The fraction of sp³-hybridized carbons (Fsp3) is 0.462. The van der Waals surface area contributed by atoms with Crippen LogP contribution in [0.25, 0.3) is 0 Å². The highest BCUT2D eigenvalue weighted by molar-refractivity contribution is 5.89. The molecule has 1 atom stereocenters. The number of carbonyl (C=O) groups excluding carboxylic acids is 1. The highest BCUT2D eigenvalue weighted by atomic mass is 16.5. The lowest BCUT2D eigenvalue weighted by molar-refractivity contribution is 0.0323. The molecule has 0 aliphatic carbocycles. The summed E-state index contributed by atoms with van der Waals surface area (Å²) in [5, 5.41) is 0. The van der Waals surface area contributed by atoms with Crippen LogP contribution >= 0.6 is 0 Å². The first-order chi connectivity index (χ1) is 7.67. The van der Waals surface area contributed by atoms with Crippen LogP contribution in [0.15, 0.2) is 24.3 Å². The van der Waals surface area contributed by atoms with Crippen LogP contribution < -0.4 is 5.73 Å². The molecule has 0 fully saturated rings. The standard InChI is InChI=1S/C13H19NO2/c1-3-5-10(2)16-13(15)12-7-4-6-11(8-12)9-14/h4,6-8,10H,3,5,9,14H2,1-2H3. The van der Waals surface area contributed by atoms with Gasteiger partial charge in [-0.1, -0.05) is 25.5 Å². The lowest BCUT2D eigenvalue weighted by Crippen LogP contribution is -2.15. The third kappa shape index (κ3) is 3.66. The van der Waals surface area contributed by atoms with Crippen LogP contribution in [0.3, 0.4) is 0 Å². The Balaban J connectivity index is 2.65. The topological polar surface area (TPSA) is 52.3 Å². The first kappa shape index (κ1) is 12.7. The molecule has 3 nitrogen and oxygen atoms in total. The average molecular weight is 221 g/mol. The summed E-state index contributed by atoms with van der Waals surface area (Å²) in [5.74, 6) is -0.267. The molecule has 2 N–H and O–H groups in total. The molecular formula is C13H19NO2. The molecule has 1 unspecified atom stereocenters. The van der Waals surface area contributed by atoms with Crippen molar-refractivity contribution in [2.24, 2.45) is 5.73 Å². The number of carbonyl (C=O) groups is 1. The van der Waals surface area contributed by atoms with Crippen molar-refractivity contribution in [2.45, 2.75) is 39.3 Å². The van der Waals surface area contributed by atoms with Gasteiger partial charge in [0, 0.05) is 6.54 Å². The van der Waals surface area contributed by atoms with Gasteiger partial charge in [-0.25, -0.2) is 4.79 Å². The molecule has 0 bridgehead atoms. The minimum Gasteiger partial charge on any atom is -0.459 e. The van der Waals surface area contributed by atoms with Gasteiger partial charge in [-0.3, -0.25) is 0 Å². The summed E-state index contributed by atoms with van der Waals surface area (Å²) >= 11 is 0. The predicted molar refractivity (Wildman–Crippen MR) is 64.1 cm³/mol. The molecule has 3 heteroatoms. The maximum absolute atomic E-state index is 11.7. The van der Waals surface area contributed by atoms with E-state index in [4.69, 9.17) is 10.5 Å². The molecule has 0 saturated carbocycles. The molecule has 0 aliphatic rings. The summed E-state index contributed by atoms with van der Waals surface area (Å²) in [6, 6.07) is 7.25. The molecule has 1 aromatic rings. The van der Waals surface area contributed by atoms with Crippen LogP contribution in [0.5, 0.6) is 0 Å². The van der Waals surface area contributed by atoms with E-state index in [0.29, 0.717) is 12.1 Å². The monoisotopic (exact) mass is 221 g/mol. The average Bonchev–Trinajstić information content (AvgIpc) is 2.29. The van der Waals surface area contributed by atoms with Gasteiger partial charge in [0.15, 0.2) is 0 Å². The fourth-order valence-corrected chi connectivity index (χ4v) is 1.54. The molecule has 1 aromatic carbocycles. The Morgan fingerprint density at radius 1 is 1.50 bits per heavy atom. The number of nitrogens with two attached hydrogens (primary N) is 1. The molecule has 0 aromatic heterocycles. The van der Waals surface area contributed by atoms with E-state index in [-0.39, 0.29) is 12.1 Å². The van der Waals surface area contributed by atoms with Crippen LogP contribution in [-0.4, -0.2) is 12.1 Å². The van der Waals surface area contributed by atoms with Gasteiger partial charge < -0.3 is 10.5 Å². The molecule has 0 heterocycles. The molecule has 0 saturated heterocycles. The van der Waals surface area contributed by atoms with Crippen molar-refractivity contribution < 1.29 is 9.53 Å². The number of rotatable bonds is 5. The summed E-state index contributed by atoms with van der Waals surface area (Å²) in [7, 11) is 0. The van der Waals surface area contributed by atoms with Crippen LogP contribution in [0.1, 0.15) is 42.6 Å². The fourth-order valence-electron chi connectivity index (χ4n) is 1.54. The first-order valence-electron chi connectivity index (χ1n) is 5.67. The van der Waals surface area contributed by atoms with Gasteiger partial charge in [-0.2, -0.15) is 0 Å². The third-order valence-electron chi connectivity index (χ3n) is 2.40. The lowest BCUT2D eigenvalue weighted by Gasteiger charge is -2.12. The summed E-state index contributed by atoms with van der Waals surface area (Å²) in [5.41, 5.74) is 7.03. The van der Waals surface area contributed by atoms with E-state index in [1.165, 1.54) is 0 Å². The van der Waals surface area contributed by atoms with Crippen molar-refractivity contribution in [2.75, 3.05) is 0 Å². The third-order valence-corrected chi connectivity index (χ3v) is 2.40. The second-order valence-electron chi connectivity index (χ2n) is 3.91. The van der Waals surface area contributed by atoms with E-state index in [2.05, 4.69) is 6.92 Å². The molecule has 1 rings (SSSR count). The summed E-state index contributed by atoms with van der Waals surface area (Å²) in [6.07, 6.45) is 1.87. The molecule has 88 valence electrons. The molecule has 16 heavy (non-hydrogen) atoms. The molecular weight excluding hydrogens is 202 g/mol. The molecule has 0 amide bonds. The zero-order chi connectivity index (χ0) is 12.0. The van der Waals surface area contributed by atoms with E-state index in [9.17, 15) is 4.79 Å². The Kier molecular flexibility index (Phi) is 4.99. The van der Waals surface area contributed by atoms with Crippen molar-refractivity contribution in [1.29, 1.82) is 0 Å². The summed E-state index contributed by atoms with van der Waals surface area (Å²) in [6.45, 7) is 4.42. The van der Waals surface area contributed by atoms with Crippen molar-refractivity contribution in [3.05, 3.63) is 35.4 Å². The summed E-state index contributed by atoms with van der Waals surface area (Å²) < 4.78 is 5.30. The van der Waals surface area contributed by atoms with Crippen molar-refractivity contribution in [3.8, 4) is 0 Å². The number of hydrogen-bond acceptors (Lipinski definition) is 3. The van der Waals surface area contributed by atoms with Crippen LogP contribution in [-0.2, 0) is 11.3 Å². The number of hydrogen-bond donors (Lipinski definition) is 1. The van der Waals surface area contributed by atoms with Crippen LogP contribution in [0, 0.1) is 0 Å². The van der Waals surface area contributed by atoms with Gasteiger partial charge in [-0.15, -0.1) is 0 Å². The smallest absolute Gasteiger partial charge is 0.338 e. The SMILES string of the molecule is CCCC(C)OC(=O)c1cccc(CN)c1. The van der Waals surface area contributed by atoms with E-state index >= 15 is 0 Å². The van der Waals surface area contributed by atoms with Crippen LogP contribution in [0.2, 0.25) is 0 Å². The maximum Gasteiger partial charge on any atom is 0.338 e. The van der Waals surface area contributed by atoms with E-state index in [1.807, 2.05) is 19.1 Å². The second-order valence-corrected chi connectivity index (χ2v) is 3.91. The van der Waals surface area contributed by atoms with Gasteiger partial charge >= 0.3 is 5.97 Å². The van der Waals surface area contributed by atoms with Crippen molar-refractivity contribution >= 4 is 5.97 Å². The Bertz CT molecular complexity index is 350. The van der Waals surface area contributed by atoms with Gasteiger partial charge in [0.2, 0.25) is 0 Å². The van der Waals surface area contributed by atoms with E-state index < -0.39 is 0 Å². The van der Waals surface area contributed by atoms with Crippen molar-refractivity contribution in [3.63, 3.8) is 0 Å². The van der Waals surface area contributed by atoms with Gasteiger partial charge in [0.1, 0.15) is 0 Å². The number of benzene rings is 1. The van der Waals surface area contributed by atoms with Gasteiger partial charge in [0.25, 0.3) is 0 Å². The van der Waals surface area contributed by atoms with Gasteiger partial charge in [-0.05, 0) is 31.0 Å². The maximum atomic E-state index is 11.7. The Morgan fingerprint density at radius 3 is 2.88 bits per heavy atom. The number of esters is 1. The highest BCUT2D eigenvalue weighted by Crippen LogP contribution is 2.09. The normalized spacial score (nSPS) is 12.2. The van der Waals surface area contributed by atoms with E-state index in [0.717, 1.165) is 18.4 Å². The minimum absolute atomic E-state index is 0.0287.